The summed E-state index contributed by atoms with van der Waals surface area (Å²) in [4.78, 5) is 9.55. The summed E-state index contributed by atoms with van der Waals surface area (Å²) in [6.45, 7) is 36.8. The molecule has 0 amide bonds. The number of para-hydroxylation sites is 4. The van der Waals surface area contributed by atoms with Gasteiger partial charge in [-0.25, -0.2) is 4.98 Å². The van der Waals surface area contributed by atoms with Crippen molar-refractivity contribution >= 4 is 44.6 Å². The smallest absolute Gasteiger partial charge is 0.135 e. The van der Waals surface area contributed by atoms with Gasteiger partial charge in [0.25, 0.3) is 0 Å². The summed E-state index contributed by atoms with van der Waals surface area (Å²) in [5, 5.41) is 2.23. The molecule has 382 valence electrons. The molecule has 1 aliphatic rings. The molecule has 9 aromatic rings. The van der Waals surface area contributed by atoms with Gasteiger partial charge < -0.3 is 19.1 Å². The molecule has 6 heteroatoms. The molecule has 3 heterocycles. The predicted octanol–water partition coefficient (Wildman–Crippen LogP) is 18.8. The monoisotopic (exact) mass is 1150 g/mol. The maximum Gasteiger partial charge on any atom is 0.135 e. The van der Waals surface area contributed by atoms with E-state index in [-0.39, 0.29) is 48.1 Å². The van der Waals surface area contributed by atoms with Crippen LogP contribution in [-0.4, -0.2) is 9.55 Å². The second kappa shape index (κ2) is 19.1. The van der Waals surface area contributed by atoms with Gasteiger partial charge in [0, 0.05) is 72.5 Å². The van der Waals surface area contributed by atoms with Crippen molar-refractivity contribution in [2.45, 2.75) is 131 Å². The normalized spacial score (nSPS) is 13.4. The summed E-state index contributed by atoms with van der Waals surface area (Å²) in [6, 6.07) is 60.5. The first-order valence-corrected chi connectivity index (χ1v) is 25.9. The minimum absolute atomic E-state index is 0. The van der Waals surface area contributed by atoms with Gasteiger partial charge in [-0.05, 0) is 102 Å². The summed E-state index contributed by atoms with van der Waals surface area (Å²) in [6.07, 6.45) is 1.91. The van der Waals surface area contributed by atoms with Crippen LogP contribution < -0.4 is 14.5 Å². The van der Waals surface area contributed by atoms with Gasteiger partial charge in [0.2, 0.25) is 0 Å². The molecule has 0 saturated heterocycles. The van der Waals surface area contributed by atoms with E-state index in [9.17, 15) is 0 Å². The number of ether oxygens (including phenoxy) is 1. The Kier molecular flexibility index (Phi) is 13.5. The van der Waals surface area contributed by atoms with E-state index in [1.54, 1.807) is 0 Å². The van der Waals surface area contributed by atoms with E-state index in [0.29, 0.717) is 11.5 Å². The second-order valence-electron chi connectivity index (χ2n) is 25.2. The zero-order valence-electron chi connectivity index (χ0n) is 46.0. The van der Waals surface area contributed by atoms with Crippen molar-refractivity contribution in [1.29, 1.82) is 0 Å². The summed E-state index contributed by atoms with van der Waals surface area (Å²) < 4.78 is 8.96. The molecule has 10 rings (SSSR count). The average molecular weight is 1160 g/mol. The number of anilines is 4. The van der Waals surface area contributed by atoms with Crippen LogP contribution in [0.25, 0.3) is 49.9 Å². The number of nitrogens with zero attached hydrogens (tertiary/aromatic N) is 4. The number of benzene rings is 7. The van der Waals surface area contributed by atoms with E-state index < -0.39 is 0 Å². The summed E-state index contributed by atoms with van der Waals surface area (Å²) in [5.41, 5.74) is 17.1. The second-order valence-corrected chi connectivity index (χ2v) is 25.2. The molecule has 0 bridgehead atoms. The molecule has 2 aromatic heterocycles. The van der Waals surface area contributed by atoms with Crippen LogP contribution in [0.15, 0.2) is 152 Å². The fourth-order valence-corrected chi connectivity index (χ4v) is 9.98. The fraction of sp³-hybridized carbons (Fsp3) is 0.294. The van der Waals surface area contributed by atoms with Crippen LogP contribution in [0.4, 0.5) is 22.7 Å². The average Bonchev–Trinajstić information content (AvgIpc) is 3.88. The zero-order chi connectivity index (χ0) is 52.0. The Balaban J connectivity index is 0.00000672. The van der Waals surface area contributed by atoms with E-state index in [1.807, 2.05) is 18.3 Å². The number of hydrogen-bond donors (Lipinski definition) is 0. The molecule has 0 atom stereocenters. The van der Waals surface area contributed by atoms with Crippen LogP contribution in [0.1, 0.15) is 132 Å². The van der Waals surface area contributed by atoms with E-state index in [0.717, 1.165) is 50.4 Å². The Morgan fingerprint density at radius 2 is 0.946 bits per heavy atom. The first kappa shape index (κ1) is 52.4. The molecule has 0 aliphatic carbocycles. The van der Waals surface area contributed by atoms with Gasteiger partial charge in [0.05, 0.1) is 0 Å². The Labute approximate surface area is 455 Å². The standard InChI is InChI=1S/C68H71N4O.Pt/c1-64(2,3)46-32-33-69-62(40-46)72-58-27-17-16-24-56(58)57-31-30-53(42-61(57)72)73-52-23-20-22-51(41-52)70-43-71(60-29-19-18-28-59(60)70)63-54(44-34-47(65(4,5)6)38-48(35-44)66(7,8)9)25-21-26-55(63)45-36-49(67(10,11)12)39-50(37-45)68(13,14)15;/h16-40,43H,1-15H3;/q-3;. The Hall–Kier alpha value is -6.42. The van der Waals surface area contributed by atoms with Crippen molar-refractivity contribution in [2.75, 3.05) is 9.80 Å². The number of aromatic nitrogens is 2. The first-order valence-electron chi connectivity index (χ1n) is 25.9. The molecule has 0 fully saturated rings. The van der Waals surface area contributed by atoms with Crippen molar-refractivity contribution in [1.82, 2.24) is 9.55 Å². The summed E-state index contributed by atoms with van der Waals surface area (Å²) >= 11 is 0. The van der Waals surface area contributed by atoms with Crippen LogP contribution in [0.2, 0.25) is 0 Å². The van der Waals surface area contributed by atoms with Crippen LogP contribution in [0.3, 0.4) is 0 Å². The fourth-order valence-electron chi connectivity index (χ4n) is 9.98. The molecular formula is C68H71N4OPt-3. The van der Waals surface area contributed by atoms with E-state index in [1.165, 1.54) is 50.1 Å². The van der Waals surface area contributed by atoms with Gasteiger partial charge in [-0.15, -0.1) is 48.1 Å². The molecule has 0 N–H and O–H groups in total. The Bertz CT molecular complexity index is 3410. The van der Waals surface area contributed by atoms with Crippen LogP contribution >= 0.6 is 0 Å². The molecule has 0 saturated carbocycles. The van der Waals surface area contributed by atoms with E-state index in [4.69, 9.17) is 9.72 Å². The van der Waals surface area contributed by atoms with Gasteiger partial charge in [-0.1, -0.05) is 194 Å². The van der Waals surface area contributed by atoms with Gasteiger partial charge in [0.15, 0.2) is 0 Å². The molecule has 74 heavy (non-hydrogen) atoms. The minimum atomic E-state index is -0.0558. The number of hydrogen-bond acceptors (Lipinski definition) is 4. The number of rotatable bonds is 7. The first-order chi connectivity index (χ1) is 34.3. The summed E-state index contributed by atoms with van der Waals surface area (Å²) in [7, 11) is 0. The number of pyridine rings is 1. The van der Waals surface area contributed by atoms with Gasteiger partial charge >= 0.3 is 0 Å². The molecular weight excluding hydrogens is 1080 g/mol. The third-order valence-corrected chi connectivity index (χ3v) is 14.5. The largest absolute Gasteiger partial charge is 0.509 e. The molecule has 0 spiro atoms. The van der Waals surface area contributed by atoms with Crippen molar-refractivity contribution in [3.63, 3.8) is 0 Å². The molecule has 5 nitrogen and oxygen atoms in total. The number of fused-ring (bicyclic) bond motifs is 4. The van der Waals surface area contributed by atoms with E-state index in [2.05, 4.69) is 270 Å². The van der Waals surface area contributed by atoms with Gasteiger partial charge in [-0.3, -0.25) is 0 Å². The van der Waals surface area contributed by atoms with E-state index >= 15 is 0 Å². The zero-order valence-corrected chi connectivity index (χ0v) is 48.3. The Morgan fingerprint density at radius 3 is 1.50 bits per heavy atom. The third-order valence-electron chi connectivity index (χ3n) is 14.5. The van der Waals surface area contributed by atoms with Crippen LogP contribution in [0.5, 0.6) is 11.5 Å². The maximum absolute atomic E-state index is 6.76. The molecule has 1 aliphatic heterocycles. The summed E-state index contributed by atoms with van der Waals surface area (Å²) in [5.74, 6) is 2.05. The Morgan fingerprint density at radius 1 is 0.446 bits per heavy atom. The van der Waals surface area contributed by atoms with Crippen LogP contribution in [-0.2, 0) is 48.1 Å². The SMILES string of the molecule is CC(C)(C)c1cc(-c2cccc(-c3cc(C(C)(C)C)cc(C(C)(C)C)c3)c2N2[CH-]N(c3[c-]c(Oc4[c-]c5c(cc4)c4ccccc4n5-c4cc(C(C)(C)C)ccn4)ccc3)c3ccccc32)cc(C(C)(C)C)c1.[Pt]. The van der Waals surface area contributed by atoms with Crippen molar-refractivity contribution in [2.24, 2.45) is 0 Å². The topological polar surface area (TPSA) is 33.5 Å². The van der Waals surface area contributed by atoms with Crippen molar-refractivity contribution in [3.8, 4) is 39.6 Å². The predicted molar refractivity (Wildman–Crippen MR) is 309 cm³/mol. The van der Waals surface area contributed by atoms with Gasteiger partial charge in [-0.2, -0.15) is 12.1 Å². The van der Waals surface area contributed by atoms with Crippen molar-refractivity contribution < 1.29 is 25.8 Å². The molecule has 7 aromatic carbocycles. The quantitative estimate of drug-likeness (QED) is 0.149. The van der Waals surface area contributed by atoms with Crippen molar-refractivity contribution in [3.05, 3.63) is 198 Å². The third kappa shape index (κ3) is 10.1. The maximum atomic E-state index is 6.76. The minimum Gasteiger partial charge on any atom is -0.509 e. The van der Waals surface area contributed by atoms with Gasteiger partial charge in [0.1, 0.15) is 5.82 Å². The molecule has 0 unspecified atom stereocenters. The molecule has 0 radical (unpaired) electrons. The van der Waals surface area contributed by atoms with Crippen LogP contribution in [0, 0.1) is 18.8 Å².